The topological polar surface area (TPSA) is 35.5 Å². The van der Waals surface area contributed by atoms with Crippen LogP contribution in [0.5, 0.6) is 5.75 Å². The summed E-state index contributed by atoms with van der Waals surface area (Å²) in [6, 6.07) is 18.8. The van der Waals surface area contributed by atoms with Crippen LogP contribution in [0.25, 0.3) is 11.1 Å². The van der Waals surface area contributed by atoms with Gasteiger partial charge in [0.15, 0.2) is 0 Å². The van der Waals surface area contributed by atoms with E-state index in [0.29, 0.717) is 17.3 Å². The van der Waals surface area contributed by atoms with Gasteiger partial charge in [-0.25, -0.2) is 0 Å². The molecule has 0 heterocycles. The first-order chi connectivity index (χ1) is 24.2. The Morgan fingerprint density at radius 2 is 1.52 bits per heavy atom. The van der Waals surface area contributed by atoms with Gasteiger partial charge in [0.25, 0.3) is 0 Å². The number of fused-ring (bicyclic) bond motifs is 5. The number of hydrogen-bond acceptors (Lipinski definition) is 3. The molecule has 2 aromatic carbocycles. The highest BCUT2D eigenvalue weighted by molar-refractivity contribution is 5.69. The molecule has 0 amide bonds. The zero-order chi connectivity index (χ0) is 35.1. The molecule has 3 saturated carbocycles. The summed E-state index contributed by atoms with van der Waals surface area (Å²) in [6.07, 6.45) is 23.0. The van der Waals surface area contributed by atoms with Gasteiger partial charge in [-0.05, 0) is 127 Å². The summed E-state index contributed by atoms with van der Waals surface area (Å²) >= 11 is 0. The molecule has 2 aromatic rings. The van der Waals surface area contributed by atoms with Crippen molar-refractivity contribution in [1.29, 1.82) is 0 Å². The third kappa shape index (κ3) is 8.56. The molecule has 6 rings (SSSR count). The standard InChI is InChI=1S/C47H68O3/c1-34(2)15-14-16-35(3)42-26-27-43-41-25-22-38-33-40(28-30-46(38,4)44(41)29-31-47(42,43)5)50-45(48)19-12-7-6-8-13-32-49-39-23-20-37(21-24-39)36-17-10-9-11-18-36/h9-11,17-18,20-24,34-35,40-44H,6-8,12-16,19,25-33H2,1-5H3/t35-,40+,41+,42-,43+,44+,46+,47-/m1/s1. The van der Waals surface area contributed by atoms with Crippen LogP contribution in [-0.4, -0.2) is 18.7 Å². The molecule has 0 spiro atoms. The van der Waals surface area contributed by atoms with Gasteiger partial charge >= 0.3 is 5.97 Å². The van der Waals surface area contributed by atoms with E-state index < -0.39 is 0 Å². The van der Waals surface area contributed by atoms with Crippen LogP contribution in [0.4, 0.5) is 0 Å². The van der Waals surface area contributed by atoms with Crippen LogP contribution in [0.1, 0.15) is 144 Å². The predicted molar refractivity (Wildman–Crippen MR) is 208 cm³/mol. The van der Waals surface area contributed by atoms with Crippen molar-refractivity contribution >= 4 is 5.97 Å². The van der Waals surface area contributed by atoms with E-state index in [-0.39, 0.29) is 12.1 Å². The molecule has 0 bridgehead atoms. The summed E-state index contributed by atoms with van der Waals surface area (Å²) in [5.74, 6) is 6.13. The molecule has 3 fully saturated rings. The molecule has 4 aliphatic rings. The lowest BCUT2D eigenvalue weighted by molar-refractivity contribution is -0.151. The molecule has 0 saturated heterocycles. The van der Waals surface area contributed by atoms with Crippen molar-refractivity contribution in [2.45, 2.75) is 150 Å². The molecular formula is C47H68O3. The number of ether oxygens (including phenoxy) is 2. The lowest BCUT2D eigenvalue weighted by Gasteiger charge is -2.58. The number of esters is 1. The first-order valence-electron chi connectivity index (χ1n) is 20.8. The first kappa shape index (κ1) is 37.2. The van der Waals surface area contributed by atoms with Crippen LogP contribution < -0.4 is 4.74 Å². The van der Waals surface area contributed by atoms with Crippen molar-refractivity contribution in [2.24, 2.45) is 46.3 Å². The summed E-state index contributed by atoms with van der Waals surface area (Å²) in [5.41, 5.74) is 4.91. The van der Waals surface area contributed by atoms with Gasteiger partial charge in [-0.3, -0.25) is 4.79 Å². The van der Waals surface area contributed by atoms with E-state index in [2.05, 4.69) is 89.2 Å². The van der Waals surface area contributed by atoms with Crippen LogP contribution in [0, 0.1) is 46.3 Å². The van der Waals surface area contributed by atoms with E-state index in [9.17, 15) is 4.79 Å². The number of hydrogen-bond donors (Lipinski definition) is 0. The van der Waals surface area contributed by atoms with Crippen LogP contribution in [-0.2, 0) is 9.53 Å². The van der Waals surface area contributed by atoms with Gasteiger partial charge in [-0.2, -0.15) is 0 Å². The van der Waals surface area contributed by atoms with Crippen molar-refractivity contribution < 1.29 is 14.3 Å². The smallest absolute Gasteiger partial charge is 0.306 e. The monoisotopic (exact) mass is 681 g/mol. The van der Waals surface area contributed by atoms with Crippen molar-refractivity contribution in [2.75, 3.05) is 6.61 Å². The quantitative estimate of drug-likeness (QED) is 0.101. The molecule has 0 aromatic heterocycles. The highest BCUT2D eigenvalue weighted by Crippen LogP contribution is 2.67. The van der Waals surface area contributed by atoms with Crippen molar-refractivity contribution in [3.63, 3.8) is 0 Å². The molecular weight excluding hydrogens is 613 g/mol. The second-order valence-corrected chi connectivity index (χ2v) is 17.9. The Bertz CT molecular complexity index is 1390. The van der Waals surface area contributed by atoms with E-state index in [1.807, 2.05) is 6.07 Å². The van der Waals surface area contributed by atoms with Crippen LogP contribution >= 0.6 is 0 Å². The van der Waals surface area contributed by atoms with Gasteiger partial charge in [0.2, 0.25) is 0 Å². The number of carbonyl (C=O) groups is 1. The fourth-order valence-electron chi connectivity index (χ4n) is 11.5. The summed E-state index contributed by atoms with van der Waals surface area (Å²) < 4.78 is 12.1. The molecule has 4 aliphatic carbocycles. The Labute approximate surface area is 305 Å². The maximum absolute atomic E-state index is 12.9. The third-order valence-corrected chi connectivity index (χ3v) is 14.3. The van der Waals surface area contributed by atoms with Crippen molar-refractivity contribution in [1.82, 2.24) is 0 Å². The Morgan fingerprint density at radius 1 is 0.780 bits per heavy atom. The molecule has 0 radical (unpaired) electrons. The maximum atomic E-state index is 12.9. The summed E-state index contributed by atoms with van der Waals surface area (Å²) in [7, 11) is 0. The summed E-state index contributed by atoms with van der Waals surface area (Å²) in [6.45, 7) is 13.4. The number of benzene rings is 2. The van der Waals surface area contributed by atoms with Gasteiger partial charge < -0.3 is 9.47 Å². The van der Waals surface area contributed by atoms with Crippen LogP contribution in [0.15, 0.2) is 66.2 Å². The van der Waals surface area contributed by atoms with Crippen molar-refractivity contribution in [3.8, 4) is 16.9 Å². The second-order valence-electron chi connectivity index (χ2n) is 17.9. The lowest BCUT2D eigenvalue weighted by Crippen LogP contribution is -2.51. The van der Waals surface area contributed by atoms with Crippen molar-refractivity contribution in [3.05, 3.63) is 66.2 Å². The number of unbranched alkanes of at least 4 members (excludes halogenated alkanes) is 4. The van der Waals surface area contributed by atoms with Gasteiger partial charge in [-0.15, -0.1) is 0 Å². The third-order valence-electron chi connectivity index (χ3n) is 14.3. The Kier molecular flexibility index (Phi) is 12.5. The fourth-order valence-corrected chi connectivity index (χ4v) is 11.5. The van der Waals surface area contributed by atoms with Gasteiger partial charge in [0.05, 0.1) is 6.61 Å². The molecule has 274 valence electrons. The van der Waals surface area contributed by atoms with E-state index in [4.69, 9.17) is 9.47 Å². The minimum atomic E-state index is 0.0168. The first-order valence-corrected chi connectivity index (χ1v) is 20.8. The van der Waals surface area contributed by atoms with E-state index in [1.54, 1.807) is 5.57 Å². The zero-order valence-corrected chi connectivity index (χ0v) is 32.3. The Balaban J connectivity index is 0.878. The number of allylic oxidation sites excluding steroid dienone is 1. The van der Waals surface area contributed by atoms with Crippen LogP contribution in [0.3, 0.4) is 0 Å². The van der Waals surface area contributed by atoms with Gasteiger partial charge in [0, 0.05) is 12.8 Å². The van der Waals surface area contributed by atoms with E-state index in [0.717, 1.165) is 92.8 Å². The number of rotatable bonds is 16. The molecule has 0 unspecified atom stereocenters. The Hall–Kier alpha value is -2.55. The van der Waals surface area contributed by atoms with Gasteiger partial charge in [0.1, 0.15) is 11.9 Å². The highest BCUT2D eigenvalue weighted by atomic mass is 16.5. The largest absolute Gasteiger partial charge is 0.494 e. The minimum absolute atomic E-state index is 0.0168. The predicted octanol–water partition coefficient (Wildman–Crippen LogP) is 13.0. The fraction of sp³-hybridized carbons (Fsp3) is 0.681. The zero-order valence-electron chi connectivity index (χ0n) is 32.3. The summed E-state index contributed by atoms with van der Waals surface area (Å²) in [5, 5.41) is 0. The normalized spacial score (nSPS) is 30.9. The van der Waals surface area contributed by atoms with E-state index in [1.165, 1.54) is 68.9 Å². The molecule has 50 heavy (non-hydrogen) atoms. The molecule has 0 aliphatic heterocycles. The summed E-state index contributed by atoms with van der Waals surface area (Å²) in [4.78, 5) is 12.9. The molecule has 8 atom stereocenters. The molecule has 3 heteroatoms. The maximum Gasteiger partial charge on any atom is 0.306 e. The average Bonchev–Trinajstić information content (AvgIpc) is 3.47. The van der Waals surface area contributed by atoms with Crippen LogP contribution in [0.2, 0.25) is 0 Å². The molecule has 0 N–H and O–H groups in total. The highest BCUT2D eigenvalue weighted by Gasteiger charge is 2.59. The van der Waals surface area contributed by atoms with E-state index >= 15 is 0 Å². The number of carbonyl (C=O) groups excluding carboxylic acids is 1. The SMILES string of the molecule is CC(C)CCC[C@@H](C)[C@H]1CC[C@H]2[C@@H]3CC=C4C[C@@H](OC(=O)CCCCCCCOc5ccc(-c6ccccc6)cc5)CC[C@]4(C)[C@H]3CC[C@]12C. The lowest BCUT2D eigenvalue weighted by atomic mass is 9.47. The second kappa shape index (κ2) is 16.9. The molecule has 3 nitrogen and oxygen atoms in total. The average molecular weight is 681 g/mol. The van der Waals surface area contributed by atoms with Gasteiger partial charge in [-0.1, -0.05) is 127 Å². The Morgan fingerprint density at radius 3 is 2.30 bits per heavy atom. The minimum Gasteiger partial charge on any atom is -0.494 e.